The van der Waals surface area contributed by atoms with E-state index < -0.39 is 0 Å². The second-order valence-corrected chi connectivity index (χ2v) is 4.25. The van der Waals surface area contributed by atoms with Crippen molar-refractivity contribution in [2.45, 2.75) is 19.9 Å². The second-order valence-electron chi connectivity index (χ2n) is 4.25. The minimum atomic E-state index is -0.0490. The Morgan fingerprint density at radius 1 is 1.71 bits per heavy atom. The Kier molecular flexibility index (Phi) is 3.75. The van der Waals surface area contributed by atoms with E-state index in [9.17, 15) is 4.79 Å². The highest BCUT2D eigenvalue weighted by Gasteiger charge is 2.24. The maximum Gasteiger partial charge on any atom is 0.239 e. The predicted molar refractivity (Wildman–Crippen MR) is 63.8 cm³/mol. The molecule has 1 saturated heterocycles. The molecule has 0 radical (unpaired) electrons. The van der Waals surface area contributed by atoms with Crippen molar-refractivity contribution in [1.82, 2.24) is 15.4 Å². The molecule has 1 amide bonds. The number of hydrogen-bond donors (Lipinski definition) is 2. The zero-order valence-corrected chi connectivity index (χ0v) is 10.2. The SMILES string of the molecule is CCN(CC(=O)Nc1cc(C)on1)C1CNC1. The van der Waals surface area contributed by atoms with Gasteiger partial charge < -0.3 is 15.2 Å². The Labute approximate surface area is 100 Å². The Morgan fingerprint density at radius 2 is 2.47 bits per heavy atom. The van der Waals surface area contributed by atoms with Gasteiger partial charge in [-0.1, -0.05) is 12.1 Å². The minimum absolute atomic E-state index is 0.0490. The Morgan fingerprint density at radius 3 is 2.94 bits per heavy atom. The number of rotatable bonds is 5. The van der Waals surface area contributed by atoms with Gasteiger partial charge in [0.25, 0.3) is 0 Å². The molecule has 2 N–H and O–H groups in total. The van der Waals surface area contributed by atoms with Crippen molar-refractivity contribution in [2.24, 2.45) is 0 Å². The molecule has 0 unspecified atom stereocenters. The summed E-state index contributed by atoms with van der Waals surface area (Å²) in [5, 5.41) is 9.66. The smallest absolute Gasteiger partial charge is 0.239 e. The molecule has 2 heterocycles. The summed E-state index contributed by atoms with van der Waals surface area (Å²) >= 11 is 0. The van der Waals surface area contributed by atoms with Crippen LogP contribution in [0.3, 0.4) is 0 Å². The van der Waals surface area contributed by atoms with Crippen LogP contribution in [0, 0.1) is 6.92 Å². The number of nitrogens with zero attached hydrogens (tertiary/aromatic N) is 2. The zero-order valence-electron chi connectivity index (χ0n) is 10.2. The van der Waals surface area contributed by atoms with Crippen LogP contribution in [0.1, 0.15) is 12.7 Å². The van der Waals surface area contributed by atoms with Gasteiger partial charge in [-0.3, -0.25) is 9.69 Å². The number of hydrogen-bond acceptors (Lipinski definition) is 5. The first-order chi connectivity index (χ1) is 8.19. The van der Waals surface area contributed by atoms with Gasteiger partial charge in [0.1, 0.15) is 5.76 Å². The highest BCUT2D eigenvalue weighted by molar-refractivity contribution is 5.91. The molecular formula is C11H18N4O2. The Hall–Kier alpha value is -1.40. The van der Waals surface area contributed by atoms with E-state index in [1.807, 2.05) is 0 Å². The van der Waals surface area contributed by atoms with E-state index >= 15 is 0 Å². The van der Waals surface area contributed by atoms with Gasteiger partial charge in [0.05, 0.1) is 6.54 Å². The third-order valence-corrected chi connectivity index (χ3v) is 2.92. The fourth-order valence-electron chi connectivity index (χ4n) is 1.82. The summed E-state index contributed by atoms with van der Waals surface area (Å²) < 4.78 is 4.89. The first-order valence-electron chi connectivity index (χ1n) is 5.87. The molecule has 6 nitrogen and oxygen atoms in total. The van der Waals surface area contributed by atoms with Crippen molar-refractivity contribution >= 4 is 11.7 Å². The number of anilines is 1. The van der Waals surface area contributed by atoms with Crippen LogP contribution in [0.4, 0.5) is 5.82 Å². The standard InChI is InChI=1S/C11H18N4O2/c1-3-15(9-5-12-6-9)7-11(16)13-10-4-8(2)17-14-10/h4,9,12H,3,5-7H2,1-2H3,(H,13,14,16). The monoisotopic (exact) mass is 238 g/mol. The summed E-state index contributed by atoms with van der Waals surface area (Å²) in [5.74, 6) is 1.12. The Bertz CT molecular complexity index is 387. The molecule has 0 aliphatic carbocycles. The van der Waals surface area contributed by atoms with Crippen molar-refractivity contribution in [3.63, 3.8) is 0 Å². The summed E-state index contributed by atoms with van der Waals surface area (Å²) in [4.78, 5) is 13.9. The number of amides is 1. The molecule has 1 aliphatic heterocycles. The highest BCUT2D eigenvalue weighted by atomic mass is 16.5. The van der Waals surface area contributed by atoms with Gasteiger partial charge in [-0.15, -0.1) is 0 Å². The van der Waals surface area contributed by atoms with Crippen LogP contribution in [-0.2, 0) is 4.79 Å². The van der Waals surface area contributed by atoms with Crippen molar-refractivity contribution in [1.29, 1.82) is 0 Å². The predicted octanol–water partition coefficient (Wildman–Crippen LogP) is 0.215. The van der Waals surface area contributed by atoms with Gasteiger partial charge in [-0.25, -0.2) is 0 Å². The van der Waals surface area contributed by atoms with Crippen LogP contribution < -0.4 is 10.6 Å². The largest absolute Gasteiger partial charge is 0.360 e. The van der Waals surface area contributed by atoms with Crippen LogP contribution in [0.25, 0.3) is 0 Å². The number of nitrogens with one attached hydrogen (secondary N) is 2. The van der Waals surface area contributed by atoms with E-state index in [0.29, 0.717) is 24.2 Å². The highest BCUT2D eigenvalue weighted by Crippen LogP contribution is 2.08. The molecule has 6 heteroatoms. The van der Waals surface area contributed by atoms with Gasteiger partial charge in [0, 0.05) is 25.2 Å². The van der Waals surface area contributed by atoms with Crippen molar-refractivity contribution in [3.05, 3.63) is 11.8 Å². The van der Waals surface area contributed by atoms with Gasteiger partial charge in [-0.2, -0.15) is 0 Å². The van der Waals surface area contributed by atoms with Crippen molar-refractivity contribution < 1.29 is 9.32 Å². The maximum absolute atomic E-state index is 11.8. The second kappa shape index (κ2) is 5.29. The molecule has 17 heavy (non-hydrogen) atoms. The van der Waals surface area contributed by atoms with Crippen LogP contribution in [0.5, 0.6) is 0 Å². The first-order valence-corrected chi connectivity index (χ1v) is 5.87. The van der Waals surface area contributed by atoms with E-state index in [0.717, 1.165) is 19.6 Å². The summed E-state index contributed by atoms with van der Waals surface area (Å²) in [6.07, 6.45) is 0. The molecule has 0 atom stereocenters. The average Bonchev–Trinajstić information content (AvgIpc) is 2.60. The number of aryl methyl sites for hydroxylation is 1. The van der Waals surface area contributed by atoms with E-state index in [4.69, 9.17) is 4.52 Å². The summed E-state index contributed by atoms with van der Waals surface area (Å²) in [5.41, 5.74) is 0. The van der Waals surface area contributed by atoms with Gasteiger partial charge in [0.15, 0.2) is 5.82 Å². The lowest BCUT2D eigenvalue weighted by molar-refractivity contribution is -0.118. The molecule has 1 aromatic heterocycles. The van der Waals surface area contributed by atoms with E-state index in [1.54, 1.807) is 13.0 Å². The molecule has 0 saturated carbocycles. The van der Waals surface area contributed by atoms with Crippen LogP contribution >= 0.6 is 0 Å². The third-order valence-electron chi connectivity index (χ3n) is 2.92. The van der Waals surface area contributed by atoms with Gasteiger partial charge in [0.2, 0.25) is 5.91 Å². The third kappa shape index (κ3) is 3.04. The van der Waals surface area contributed by atoms with Gasteiger partial charge in [-0.05, 0) is 13.5 Å². The summed E-state index contributed by atoms with van der Waals surface area (Å²) in [6.45, 7) is 7.05. The summed E-state index contributed by atoms with van der Waals surface area (Å²) in [6, 6.07) is 2.18. The fourth-order valence-corrected chi connectivity index (χ4v) is 1.82. The molecular weight excluding hydrogens is 220 g/mol. The number of carbonyl (C=O) groups is 1. The van der Waals surface area contributed by atoms with Crippen molar-refractivity contribution in [2.75, 3.05) is 31.5 Å². The topological polar surface area (TPSA) is 70.4 Å². The van der Waals surface area contributed by atoms with E-state index in [1.165, 1.54) is 0 Å². The van der Waals surface area contributed by atoms with E-state index in [-0.39, 0.29) is 5.91 Å². The quantitative estimate of drug-likeness (QED) is 0.767. The van der Waals surface area contributed by atoms with Crippen LogP contribution in [-0.4, -0.2) is 48.2 Å². The van der Waals surface area contributed by atoms with Crippen LogP contribution in [0.2, 0.25) is 0 Å². The lowest BCUT2D eigenvalue weighted by Gasteiger charge is -2.37. The average molecular weight is 238 g/mol. The van der Waals surface area contributed by atoms with E-state index in [2.05, 4.69) is 27.6 Å². The van der Waals surface area contributed by atoms with Gasteiger partial charge >= 0.3 is 0 Å². The number of likely N-dealkylation sites (N-methyl/N-ethyl adjacent to an activating group) is 1. The molecule has 1 fully saturated rings. The van der Waals surface area contributed by atoms with Crippen LogP contribution in [0.15, 0.2) is 10.6 Å². The molecule has 1 aliphatic rings. The minimum Gasteiger partial charge on any atom is -0.360 e. The molecule has 0 bridgehead atoms. The lowest BCUT2D eigenvalue weighted by atomic mass is 10.1. The zero-order chi connectivity index (χ0) is 12.3. The number of carbonyl (C=O) groups excluding carboxylic acids is 1. The lowest BCUT2D eigenvalue weighted by Crippen LogP contribution is -2.58. The summed E-state index contributed by atoms with van der Waals surface area (Å²) in [7, 11) is 0. The molecule has 0 spiro atoms. The fraction of sp³-hybridized carbons (Fsp3) is 0.636. The van der Waals surface area contributed by atoms with Crippen molar-refractivity contribution in [3.8, 4) is 0 Å². The molecule has 1 aromatic rings. The molecule has 2 rings (SSSR count). The molecule has 0 aromatic carbocycles. The maximum atomic E-state index is 11.8. The molecule has 94 valence electrons. The Balaban J connectivity index is 1.83. The normalized spacial score (nSPS) is 15.9. The number of aromatic nitrogens is 1. The first kappa shape index (κ1) is 12.1.